The van der Waals surface area contributed by atoms with Gasteiger partial charge < -0.3 is 0 Å². The van der Waals surface area contributed by atoms with E-state index in [0.29, 0.717) is 0 Å². The van der Waals surface area contributed by atoms with Crippen LogP contribution in [-0.4, -0.2) is 51.5 Å². The van der Waals surface area contributed by atoms with Crippen molar-refractivity contribution in [3.05, 3.63) is 146 Å². The Bertz CT molecular complexity index is 1500. The summed E-state index contributed by atoms with van der Waals surface area (Å²) in [6.07, 6.45) is 17.5. The van der Waals surface area contributed by atoms with Crippen molar-refractivity contribution in [3.8, 4) is 0 Å². The first-order valence-electron chi connectivity index (χ1n) is 12.9. The molecular weight excluding hydrogens is 887 g/mol. The van der Waals surface area contributed by atoms with Gasteiger partial charge in [-0.1, -0.05) is 0 Å². The van der Waals surface area contributed by atoms with E-state index >= 15 is 0 Å². The Labute approximate surface area is 268 Å². The third-order valence-electron chi connectivity index (χ3n) is 6.77. The van der Waals surface area contributed by atoms with Gasteiger partial charge in [0.1, 0.15) is 0 Å². The van der Waals surface area contributed by atoms with Crippen molar-refractivity contribution in [2.75, 3.05) is 0 Å². The minimum atomic E-state index is 1.03. The molecule has 0 amide bonds. The molecule has 0 saturated carbocycles. The molecule has 4 heteroatoms. The van der Waals surface area contributed by atoms with E-state index in [0.717, 1.165) is 73.3 Å². The van der Waals surface area contributed by atoms with Gasteiger partial charge in [-0.25, -0.2) is 0 Å². The van der Waals surface area contributed by atoms with Gasteiger partial charge in [-0.15, -0.1) is 0 Å². The van der Waals surface area contributed by atoms with Gasteiger partial charge in [0.25, 0.3) is 0 Å². The quantitative estimate of drug-likeness (QED) is 0.146. The van der Waals surface area contributed by atoms with Crippen molar-refractivity contribution in [2.24, 2.45) is 0 Å². The molecule has 0 nitrogen and oxygen atoms in total. The molecule has 0 unspecified atom stereocenters. The summed E-state index contributed by atoms with van der Waals surface area (Å²) < 4.78 is 2.60. The molecule has 6 radical (unpaired) electrons. The zero-order valence-electron chi connectivity index (χ0n) is 21.2. The molecule has 1 heterocycles. The van der Waals surface area contributed by atoms with Crippen LogP contribution in [0.25, 0.3) is 16.7 Å². The van der Waals surface area contributed by atoms with Crippen LogP contribution >= 0.6 is 24.4 Å². The Morgan fingerprint density at radius 3 is 2.47 bits per heavy atom. The fraction of sp³-hybridized carbons (Fsp3) is 0.118. The van der Waals surface area contributed by atoms with E-state index in [2.05, 4.69) is 115 Å². The topological polar surface area (TPSA) is 0 Å². The van der Waals surface area contributed by atoms with Crippen LogP contribution in [-0.2, 0) is 0 Å². The van der Waals surface area contributed by atoms with Crippen LogP contribution in [0.3, 0.4) is 0 Å². The summed E-state index contributed by atoms with van der Waals surface area (Å²) in [6.45, 7) is 0. The molecular formula is C34H28Pb2S2. The number of thiol groups is 1. The summed E-state index contributed by atoms with van der Waals surface area (Å²) in [6, 6.07) is 28.2. The van der Waals surface area contributed by atoms with Gasteiger partial charge in [0.05, 0.1) is 0 Å². The standard InChI is InChI=1S/C34H28S2.2Pb/c1-2-25(30-15-6-8-17-32(30)35)19-21-28-13-10-14-29(34(28)27-11-4-3-5-12-27)22-20-26-23-24-36-33-18-9-7-16-31(26)33;;/h2-9,11-12,15-23,35H,1,10,13-14H2;;/b21-19+,25-2-,26-20+,29-22+;;. The molecule has 0 aromatic heterocycles. The maximum atomic E-state index is 4.75. The number of fused-ring (bicyclic) bond motifs is 1. The molecule has 0 saturated heterocycles. The van der Waals surface area contributed by atoms with E-state index < -0.39 is 0 Å². The Morgan fingerprint density at radius 2 is 1.66 bits per heavy atom. The molecule has 3 aromatic carbocycles. The van der Waals surface area contributed by atoms with E-state index in [1.165, 1.54) is 58.3 Å². The summed E-state index contributed by atoms with van der Waals surface area (Å²) in [5.74, 6) is 0. The van der Waals surface area contributed by atoms with Crippen LogP contribution in [0.5, 0.6) is 0 Å². The zero-order chi connectivity index (χ0) is 26.3. The van der Waals surface area contributed by atoms with Gasteiger partial charge in [0, 0.05) is 0 Å². The Morgan fingerprint density at radius 1 is 0.895 bits per heavy atom. The number of benzene rings is 3. The second kappa shape index (κ2) is 13.8. The van der Waals surface area contributed by atoms with Crippen LogP contribution in [0, 0.1) is 0 Å². The van der Waals surface area contributed by atoms with Crippen LogP contribution in [0.1, 0.15) is 36.0 Å². The van der Waals surface area contributed by atoms with Crippen molar-refractivity contribution in [1.82, 2.24) is 0 Å². The first-order valence-corrected chi connectivity index (χ1v) is 18.8. The molecule has 38 heavy (non-hydrogen) atoms. The molecule has 0 fully saturated rings. The van der Waals surface area contributed by atoms with E-state index in [4.69, 9.17) is 12.6 Å². The first kappa shape index (κ1) is 28.2. The Hall–Kier alpha value is -1.36. The molecule has 184 valence electrons. The average Bonchev–Trinajstić information content (AvgIpc) is 2.94. The number of hydrogen-bond donors (Lipinski definition) is 1. The van der Waals surface area contributed by atoms with Crippen LogP contribution in [0.15, 0.2) is 139 Å². The number of allylic oxidation sites excluding steroid dienone is 11. The summed E-state index contributed by atoms with van der Waals surface area (Å²) in [7, 11) is 0. The number of thioether (sulfide) groups is 1. The fourth-order valence-electron chi connectivity index (χ4n) is 5.01. The maximum absolute atomic E-state index is 4.75. The van der Waals surface area contributed by atoms with Crippen molar-refractivity contribution >= 4 is 92.6 Å². The van der Waals surface area contributed by atoms with Gasteiger partial charge >= 0.3 is 271 Å². The SMILES string of the molecule is Sc1ccccc1C(=C\[CH2][Pb])/C=C/C1=C(c2ccccc2)C(=C/C=C2\C=[C]([Pb])Sc3ccccc32)/CCC1. The van der Waals surface area contributed by atoms with Crippen molar-refractivity contribution < 1.29 is 0 Å². The molecule has 5 rings (SSSR count). The first-order chi connectivity index (χ1) is 18.6. The summed E-state index contributed by atoms with van der Waals surface area (Å²) >= 11 is 8.89. The van der Waals surface area contributed by atoms with Crippen LogP contribution in [0.2, 0.25) is 3.98 Å². The molecule has 1 aliphatic carbocycles. The van der Waals surface area contributed by atoms with E-state index in [-0.39, 0.29) is 0 Å². The average molecular weight is 915 g/mol. The second-order valence-electron chi connectivity index (χ2n) is 9.25. The van der Waals surface area contributed by atoms with Crippen molar-refractivity contribution in [1.29, 1.82) is 0 Å². The monoisotopic (exact) mass is 916 g/mol. The zero-order valence-corrected chi connectivity index (χ0v) is 30.6. The molecule has 0 atom stereocenters. The Balaban J connectivity index is 1.59. The predicted molar refractivity (Wildman–Crippen MR) is 171 cm³/mol. The van der Waals surface area contributed by atoms with Crippen molar-refractivity contribution in [2.45, 2.75) is 33.0 Å². The van der Waals surface area contributed by atoms with Gasteiger partial charge in [0.2, 0.25) is 0 Å². The van der Waals surface area contributed by atoms with Crippen LogP contribution < -0.4 is 0 Å². The predicted octanol–water partition coefficient (Wildman–Crippen LogP) is 9.26. The van der Waals surface area contributed by atoms with Gasteiger partial charge in [-0.2, -0.15) is 0 Å². The van der Waals surface area contributed by atoms with Gasteiger partial charge in [-0.3, -0.25) is 0 Å². The van der Waals surface area contributed by atoms with Crippen LogP contribution in [0.4, 0.5) is 0 Å². The summed E-state index contributed by atoms with van der Waals surface area (Å²) in [4.78, 5) is 2.41. The summed E-state index contributed by atoms with van der Waals surface area (Å²) in [5.41, 5.74) is 10.7. The second-order valence-corrected chi connectivity index (χ2v) is 15.9. The third kappa shape index (κ3) is 6.85. The van der Waals surface area contributed by atoms with E-state index in [9.17, 15) is 0 Å². The molecule has 2 aliphatic rings. The summed E-state index contributed by atoms with van der Waals surface area (Å²) in [5, 5.41) is 0. The van der Waals surface area contributed by atoms with Gasteiger partial charge in [-0.05, 0) is 0 Å². The van der Waals surface area contributed by atoms with Crippen molar-refractivity contribution in [3.63, 3.8) is 0 Å². The Kier molecular flexibility index (Phi) is 10.2. The molecule has 0 bridgehead atoms. The third-order valence-corrected chi connectivity index (χ3v) is 10.6. The molecule has 1 aliphatic heterocycles. The molecule has 0 N–H and O–H groups in total. The number of hydrogen-bond acceptors (Lipinski definition) is 2. The normalized spacial score (nSPS) is 18.3. The fourth-order valence-corrected chi connectivity index (χ4v) is 8.91. The number of rotatable bonds is 6. The van der Waals surface area contributed by atoms with E-state index in [1.54, 1.807) is 0 Å². The molecule has 0 spiro atoms. The molecule has 3 aromatic rings. The van der Waals surface area contributed by atoms with Gasteiger partial charge in [0.15, 0.2) is 0 Å². The minimum absolute atomic E-state index is 1.03. The van der Waals surface area contributed by atoms with E-state index in [1.807, 2.05) is 11.8 Å².